The Kier molecular flexibility index (Phi) is 7.14. The predicted molar refractivity (Wildman–Crippen MR) is 107 cm³/mol. The number of carbonyl (C=O) groups excluding carboxylic acids is 2. The highest BCUT2D eigenvalue weighted by Crippen LogP contribution is 2.38. The topological polar surface area (TPSA) is 63.6 Å². The van der Waals surface area contributed by atoms with E-state index in [2.05, 4.69) is 39.5 Å². The second-order valence-corrected chi connectivity index (χ2v) is 7.34. The molecular weight excluding hydrogens is 340 g/mol. The molecule has 0 radical (unpaired) electrons. The van der Waals surface area contributed by atoms with E-state index in [9.17, 15) is 14.7 Å². The standard InChI is InChI=1S/C23H30O4/c1-6-17-10-15(5)11-18(7-2)21(17)22-19(25)12-16(8-9-24)13-20(22)27-23(26)14(3)4/h10-11,16,24H,3,6-9,12-13H2,1-2,4-5H3. The van der Waals surface area contributed by atoms with E-state index in [-0.39, 0.29) is 18.3 Å². The molecule has 0 aromatic heterocycles. The number of ketones is 1. The average molecular weight is 370 g/mol. The van der Waals surface area contributed by atoms with Crippen molar-refractivity contribution in [3.8, 4) is 0 Å². The molecule has 1 aromatic rings. The van der Waals surface area contributed by atoms with Crippen molar-refractivity contribution in [3.63, 3.8) is 0 Å². The summed E-state index contributed by atoms with van der Waals surface area (Å²) in [4.78, 5) is 25.3. The SMILES string of the molecule is C=C(C)C(=O)OC1=C(c2c(CC)cc(C)cc2CC)C(=O)CC(CCO)C1. The lowest BCUT2D eigenvalue weighted by atomic mass is 9.79. The molecule has 1 N–H and O–H groups in total. The van der Waals surface area contributed by atoms with Crippen LogP contribution in [0.4, 0.5) is 0 Å². The molecule has 0 aliphatic heterocycles. The van der Waals surface area contributed by atoms with Gasteiger partial charge in [0, 0.05) is 25.0 Å². The first-order valence-corrected chi connectivity index (χ1v) is 9.69. The highest BCUT2D eigenvalue weighted by atomic mass is 16.5. The third kappa shape index (κ3) is 4.75. The summed E-state index contributed by atoms with van der Waals surface area (Å²) in [6, 6.07) is 4.21. The van der Waals surface area contributed by atoms with E-state index < -0.39 is 5.97 Å². The minimum atomic E-state index is -0.511. The number of hydrogen-bond donors (Lipinski definition) is 1. The Morgan fingerprint density at radius 2 is 1.81 bits per heavy atom. The lowest BCUT2D eigenvalue weighted by Gasteiger charge is -2.28. The van der Waals surface area contributed by atoms with Gasteiger partial charge in [0.15, 0.2) is 5.78 Å². The number of allylic oxidation sites excluding steroid dienone is 2. The summed E-state index contributed by atoms with van der Waals surface area (Å²) in [6.07, 6.45) is 2.94. The maximum absolute atomic E-state index is 13.1. The zero-order chi connectivity index (χ0) is 20.1. The monoisotopic (exact) mass is 370 g/mol. The third-order valence-electron chi connectivity index (χ3n) is 5.07. The Morgan fingerprint density at radius 3 is 2.30 bits per heavy atom. The van der Waals surface area contributed by atoms with Gasteiger partial charge in [0.1, 0.15) is 5.76 Å². The zero-order valence-corrected chi connectivity index (χ0v) is 16.9. The number of carbonyl (C=O) groups is 2. The number of benzene rings is 1. The molecule has 0 bridgehead atoms. The molecule has 1 aliphatic carbocycles. The number of hydrogen-bond acceptors (Lipinski definition) is 4. The number of aryl methyl sites for hydroxylation is 3. The molecule has 4 nitrogen and oxygen atoms in total. The van der Waals surface area contributed by atoms with Gasteiger partial charge in [-0.25, -0.2) is 4.79 Å². The van der Waals surface area contributed by atoms with Gasteiger partial charge in [-0.2, -0.15) is 0 Å². The number of aliphatic hydroxyl groups is 1. The number of aliphatic hydroxyl groups excluding tert-OH is 1. The first kappa shape index (κ1) is 21.1. The van der Waals surface area contributed by atoms with Gasteiger partial charge in [0.2, 0.25) is 0 Å². The molecule has 0 fully saturated rings. The molecule has 0 saturated heterocycles. The number of Topliss-reactive ketones (excluding diaryl/α,β-unsaturated/α-hetero) is 1. The highest BCUT2D eigenvalue weighted by molar-refractivity contribution is 6.23. The van der Waals surface area contributed by atoms with Crippen LogP contribution in [0.1, 0.15) is 62.3 Å². The van der Waals surface area contributed by atoms with Gasteiger partial charge in [-0.1, -0.05) is 38.1 Å². The van der Waals surface area contributed by atoms with Crippen molar-refractivity contribution in [1.82, 2.24) is 0 Å². The molecule has 0 spiro atoms. The molecule has 2 rings (SSSR count). The van der Waals surface area contributed by atoms with E-state index in [0.717, 1.165) is 35.1 Å². The molecule has 4 heteroatoms. The zero-order valence-electron chi connectivity index (χ0n) is 16.9. The fraction of sp³-hybridized carbons (Fsp3) is 0.478. The quantitative estimate of drug-likeness (QED) is 0.574. The molecule has 146 valence electrons. The fourth-order valence-electron chi connectivity index (χ4n) is 3.73. The van der Waals surface area contributed by atoms with E-state index >= 15 is 0 Å². The lowest BCUT2D eigenvalue weighted by Crippen LogP contribution is -2.23. The van der Waals surface area contributed by atoms with Crippen molar-refractivity contribution in [2.45, 2.75) is 59.8 Å². The van der Waals surface area contributed by atoms with Crippen LogP contribution in [0, 0.1) is 12.8 Å². The molecular formula is C23H30O4. The van der Waals surface area contributed by atoms with Crippen LogP contribution in [-0.2, 0) is 27.2 Å². The van der Waals surface area contributed by atoms with Gasteiger partial charge in [0.05, 0.1) is 5.57 Å². The van der Waals surface area contributed by atoms with Gasteiger partial charge in [0.25, 0.3) is 0 Å². The largest absolute Gasteiger partial charge is 0.427 e. The van der Waals surface area contributed by atoms with Crippen LogP contribution in [0.25, 0.3) is 5.57 Å². The van der Waals surface area contributed by atoms with Gasteiger partial charge in [-0.05, 0) is 55.7 Å². The second kappa shape index (κ2) is 9.14. The van der Waals surface area contributed by atoms with Crippen molar-refractivity contribution in [2.24, 2.45) is 5.92 Å². The summed E-state index contributed by atoms with van der Waals surface area (Å²) in [6.45, 7) is 11.5. The summed E-state index contributed by atoms with van der Waals surface area (Å²) < 4.78 is 5.63. The van der Waals surface area contributed by atoms with E-state index in [1.54, 1.807) is 6.92 Å². The Bertz CT molecular complexity index is 761. The molecule has 0 heterocycles. The summed E-state index contributed by atoms with van der Waals surface area (Å²) in [7, 11) is 0. The van der Waals surface area contributed by atoms with Crippen molar-refractivity contribution in [1.29, 1.82) is 0 Å². The van der Waals surface area contributed by atoms with Crippen molar-refractivity contribution < 1.29 is 19.4 Å². The predicted octanol–water partition coefficient (Wildman–Crippen LogP) is 4.31. The first-order valence-electron chi connectivity index (χ1n) is 9.69. The van der Waals surface area contributed by atoms with E-state index in [0.29, 0.717) is 36.2 Å². The minimum absolute atomic E-state index is 0.0138. The number of rotatable bonds is 7. The molecule has 1 unspecified atom stereocenters. The van der Waals surface area contributed by atoms with Gasteiger partial charge in [-0.3, -0.25) is 4.79 Å². The van der Waals surface area contributed by atoms with Crippen LogP contribution in [-0.4, -0.2) is 23.5 Å². The van der Waals surface area contributed by atoms with Gasteiger partial charge < -0.3 is 9.84 Å². The van der Waals surface area contributed by atoms with Crippen LogP contribution in [0.3, 0.4) is 0 Å². The van der Waals surface area contributed by atoms with Crippen LogP contribution in [0.5, 0.6) is 0 Å². The Hall–Kier alpha value is -2.20. The van der Waals surface area contributed by atoms with Crippen molar-refractivity contribution >= 4 is 17.3 Å². The van der Waals surface area contributed by atoms with E-state index in [1.165, 1.54) is 0 Å². The molecule has 1 aliphatic rings. The summed E-state index contributed by atoms with van der Waals surface area (Å²) in [5.74, 6) is -0.119. The molecule has 0 amide bonds. The summed E-state index contributed by atoms with van der Waals surface area (Å²) in [5.41, 5.74) is 5.11. The number of ether oxygens (including phenoxy) is 1. The Balaban J connectivity index is 2.68. The maximum atomic E-state index is 13.1. The average Bonchev–Trinajstić information content (AvgIpc) is 2.61. The van der Waals surface area contributed by atoms with Crippen LogP contribution >= 0.6 is 0 Å². The maximum Gasteiger partial charge on any atom is 0.338 e. The van der Waals surface area contributed by atoms with E-state index in [1.807, 2.05) is 0 Å². The molecule has 1 atom stereocenters. The fourth-order valence-corrected chi connectivity index (χ4v) is 3.73. The van der Waals surface area contributed by atoms with Gasteiger partial charge >= 0.3 is 5.97 Å². The minimum Gasteiger partial charge on any atom is -0.427 e. The molecule has 1 aromatic carbocycles. The van der Waals surface area contributed by atoms with Crippen LogP contribution in [0.2, 0.25) is 0 Å². The second-order valence-electron chi connectivity index (χ2n) is 7.34. The first-order chi connectivity index (χ1) is 12.8. The van der Waals surface area contributed by atoms with E-state index in [4.69, 9.17) is 4.74 Å². The van der Waals surface area contributed by atoms with Crippen molar-refractivity contribution in [3.05, 3.63) is 52.3 Å². The number of esters is 1. The normalized spacial score (nSPS) is 17.2. The molecule has 0 saturated carbocycles. The van der Waals surface area contributed by atoms with Crippen LogP contribution in [0.15, 0.2) is 30.0 Å². The summed E-state index contributed by atoms with van der Waals surface area (Å²) in [5, 5.41) is 9.29. The van der Waals surface area contributed by atoms with Crippen LogP contribution < -0.4 is 0 Å². The summed E-state index contributed by atoms with van der Waals surface area (Å²) >= 11 is 0. The Labute approximate surface area is 161 Å². The lowest BCUT2D eigenvalue weighted by molar-refractivity contribution is -0.135. The van der Waals surface area contributed by atoms with Gasteiger partial charge in [-0.15, -0.1) is 0 Å². The molecule has 27 heavy (non-hydrogen) atoms. The van der Waals surface area contributed by atoms with Crippen molar-refractivity contribution in [2.75, 3.05) is 6.61 Å². The smallest absolute Gasteiger partial charge is 0.338 e. The third-order valence-corrected chi connectivity index (χ3v) is 5.07. The highest BCUT2D eigenvalue weighted by Gasteiger charge is 2.32. The Morgan fingerprint density at radius 1 is 1.22 bits per heavy atom.